The fourth-order valence-electron chi connectivity index (χ4n) is 4.62. The predicted octanol–water partition coefficient (Wildman–Crippen LogP) is 6.28. The van der Waals surface area contributed by atoms with Gasteiger partial charge in [-0.3, -0.25) is 4.98 Å². The van der Waals surface area contributed by atoms with Crippen LogP contribution in [0.3, 0.4) is 0 Å². The molecule has 1 saturated carbocycles. The second-order valence-corrected chi connectivity index (χ2v) is 11.2. The van der Waals surface area contributed by atoms with E-state index < -0.39 is 17.8 Å². The Morgan fingerprint density at radius 2 is 1.75 bits per heavy atom. The molecule has 0 spiro atoms. The quantitative estimate of drug-likeness (QED) is 0.281. The molecule has 0 saturated heterocycles. The van der Waals surface area contributed by atoms with E-state index in [4.69, 9.17) is 0 Å². The third-order valence-electron chi connectivity index (χ3n) is 6.95. The van der Waals surface area contributed by atoms with Crippen molar-refractivity contribution in [2.45, 2.75) is 51.4 Å². The van der Waals surface area contributed by atoms with Gasteiger partial charge in [-0.2, -0.15) is 23.7 Å². The van der Waals surface area contributed by atoms with Crippen molar-refractivity contribution in [2.75, 3.05) is 17.2 Å². The number of nitriles is 2. The smallest absolute Gasteiger partial charge is 0.383 e. The molecule has 2 heterocycles. The van der Waals surface area contributed by atoms with E-state index in [0.29, 0.717) is 40.1 Å². The van der Waals surface area contributed by atoms with Crippen LogP contribution in [0.4, 0.5) is 24.5 Å². The minimum Gasteiger partial charge on any atom is -0.383 e. The number of benzene rings is 2. The van der Waals surface area contributed by atoms with E-state index >= 15 is 0 Å². The third-order valence-corrected chi connectivity index (χ3v) is 6.95. The molecule has 204 valence electrons. The SMILES string of the molecule is CC(C)(C)CNc1c(C#N)cnc2c(C#N)cc(NC(c3ccccc3)c3cn(C4(C(F)(F)F)CC4)nn3)cc12. The van der Waals surface area contributed by atoms with E-state index in [0.717, 1.165) is 10.2 Å². The number of fused-ring (bicyclic) bond motifs is 1. The molecule has 2 aromatic heterocycles. The zero-order chi connectivity index (χ0) is 28.7. The average Bonchev–Trinajstić information content (AvgIpc) is 3.61. The Morgan fingerprint density at radius 3 is 2.35 bits per heavy atom. The molecule has 1 aliphatic carbocycles. The van der Waals surface area contributed by atoms with Gasteiger partial charge < -0.3 is 10.6 Å². The number of alkyl halides is 3. The van der Waals surface area contributed by atoms with Gasteiger partial charge >= 0.3 is 6.18 Å². The lowest BCUT2D eigenvalue weighted by atomic mass is 9.96. The summed E-state index contributed by atoms with van der Waals surface area (Å²) in [4.78, 5) is 4.38. The number of pyridine rings is 1. The van der Waals surface area contributed by atoms with Gasteiger partial charge in [0.25, 0.3) is 0 Å². The topological polar surface area (TPSA) is 115 Å². The maximum atomic E-state index is 13.8. The number of anilines is 2. The minimum absolute atomic E-state index is 0.0441. The normalized spacial score (nSPS) is 15.2. The summed E-state index contributed by atoms with van der Waals surface area (Å²) in [5.74, 6) is 0. The summed E-state index contributed by atoms with van der Waals surface area (Å²) in [5.41, 5.74) is 1.07. The van der Waals surface area contributed by atoms with E-state index in [9.17, 15) is 23.7 Å². The Kier molecular flexibility index (Phi) is 6.62. The standard InChI is InChI=1S/C29H27F3N8/c1-27(2,3)17-36-25-20(14-34)15-35-24-19(13-33)11-21(12-22(24)25)37-26(18-7-5-4-6-8-18)23-16-40(39-38-23)28(9-10-28)29(30,31)32/h4-8,11-12,15-16,26,37H,9-10,17H2,1-3H3,(H,35,36). The predicted molar refractivity (Wildman–Crippen MR) is 144 cm³/mol. The van der Waals surface area contributed by atoms with Gasteiger partial charge in [-0.05, 0) is 36.0 Å². The summed E-state index contributed by atoms with van der Waals surface area (Å²) in [6.07, 6.45) is -1.74. The second-order valence-electron chi connectivity index (χ2n) is 11.2. The molecule has 1 aliphatic rings. The molecule has 0 radical (unpaired) electrons. The Labute approximate surface area is 229 Å². The fraction of sp³-hybridized carbons (Fsp3) is 0.345. The summed E-state index contributed by atoms with van der Waals surface area (Å²) in [6, 6.07) is 16.3. The molecule has 0 amide bonds. The van der Waals surface area contributed by atoms with Gasteiger partial charge in [-0.1, -0.05) is 56.3 Å². The number of hydrogen-bond donors (Lipinski definition) is 2. The molecule has 0 aliphatic heterocycles. The van der Waals surface area contributed by atoms with Gasteiger partial charge in [0.05, 0.1) is 34.6 Å². The Morgan fingerprint density at radius 1 is 1.05 bits per heavy atom. The molecule has 1 unspecified atom stereocenters. The second kappa shape index (κ2) is 9.83. The van der Waals surface area contributed by atoms with Crippen molar-refractivity contribution in [3.05, 3.63) is 77.2 Å². The lowest BCUT2D eigenvalue weighted by Gasteiger charge is -2.22. The molecule has 1 fully saturated rings. The zero-order valence-electron chi connectivity index (χ0n) is 22.2. The van der Waals surface area contributed by atoms with Gasteiger partial charge in [0.15, 0.2) is 5.54 Å². The maximum absolute atomic E-state index is 13.8. The largest absolute Gasteiger partial charge is 0.413 e. The van der Waals surface area contributed by atoms with Crippen LogP contribution in [0.25, 0.3) is 10.9 Å². The molecule has 2 aromatic carbocycles. The van der Waals surface area contributed by atoms with Crippen LogP contribution < -0.4 is 10.6 Å². The molecule has 0 bridgehead atoms. The van der Waals surface area contributed by atoms with E-state index in [1.54, 1.807) is 12.1 Å². The van der Waals surface area contributed by atoms with Gasteiger partial charge in [-0.15, -0.1) is 5.10 Å². The fourth-order valence-corrected chi connectivity index (χ4v) is 4.62. The summed E-state index contributed by atoms with van der Waals surface area (Å²) < 4.78 is 42.2. The van der Waals surface area contributed by atoms with E-state index in [1.165, 1.54) is 12.4 Å². The van der Waals surface area contributed by atoms with Crippen molar-refractivity contribution in [3.63, 3.8) is 0 Å². The van der Waals surface area contributed by atoms with E-state index in [1.807, 2.05) is 30.3 Å². The minimum atomic E-state index is -4.43. The summed E-state index contributed by atoms with van der Waals surface area (Å²) >= 11 is 0. The molecular weight excluding hydrogens is 517 g/mol. The number of hydrogen-bond acceptors (Lipinski definition) is 7. The Hall–Kier alpha value is -4.64. The van der Waals surface area contributed by atoms with Gasteiger partial charge in [0, 0.05) is 23.8 Å². The monoisotopic (exact) mass is 544 g/mol. The van der Waals surface area contributed by atoms with Crippen LogP contribution in [0, 0.1) is 28.1 Å². The molecule has 5 rings (SSSR count). The van der Waals surface area contributed by atoms with Crippen molar-refractivity contribution < 1.29 is 13.2 Å². The lowest BCUT2D eigenvalue weighted by Crippen LogP contribution is -2.35. The van der Waals surface area contributed by atoms with Crippen LogP contribution in [0.5, 0.6) is 0 Å². The first-order valence-electron chi connectivity index (χ1n) is 12.8. The average molecular weight is 545 g/mol. The van der Waals surface area contributed by atoms with Crippen LogP contribution in [-0.2, 0) is 5.54 Å². The highest BCUT2D eigenvalue weighted by atomic mass is 19.4. The van der Waals surface area contributed by atoms with Crippen molar-refractivity contribution >= 4 is 22.3 Å². The third kappa shape index (κ3) is 5.03. The summed E-state index contributed by atoms with van der Waals surface area (Å²) in [5, 5.41) is 35.0. The van der Waals surface area contributed by atoms with Crippen molar-refractivity contribution in [2.24, 2.45) is 5.41 Å². The molecular formula is C29H27F3N8. The first kappa shape index (κ1) is 26.9. The first-order chi connectivity index (χ1) is 19.0. The van der Waals surface area contributed by atoms with Crippen LogP contribution in [0.15, 0.2) is 54.9 Å². The van der Waals surface area contributed by atoms with Crippen LogP contribution in [0.2, 0.25) is 0 Å². The number of halogens is 3. The highest BCUT2D eigenvalue weighted by Gasteiger charge is 2.66. The molecule has 40 heavy (non-hydrogen) atoms. The van der Waals surface area contributed by atoms with Gasteiger partial charge in [0.1, 0.15) is 17.8 Å². The number of rotatable bonds is 7. The molecule has 8 nitrogen and oxygen atoms in total. The maximum Gasteiger partial charge on any atom is 0.413 e. The van der Waals surface area contributed by atoms with E-state index in [2.05, 4.69) is 58.8 Å². The van der Waals surface area contributed by atoms with Crippen molar-refractivity contribution in [3.8, 4) is 12.1 Å². The van der Waals surface area contributed by atoms with Gasteiger partial charge in [-0.25, -0.2) is 4.68 Å². The highest BCUT2D eigenvalue weighted by molar-refractivity contribution is 5.99. The molecule has 11 heteroatoms. The van der Waals surface area contributed by atoms with E-state index in [-0.39, 0.29) is 23.8 Å². The van der Waals surface area contributed by atoms with Crippen LogP contribution in [0.1, 0.15) is 62.0 Å². The Balaban J connectivity index is 1.60. The molecule has 4 aromatic rings. The number of aromatic nitrogens is 4. The summed E-state index contributed by atoms with van der Waals surface area (Å²) in [7, 11) is 0. The van der Waals surface area contributed by atoms with Crippen molar-refractivity contribution in [1.29, 1.82) is 10.5 Å². The number of nitrogens with zero attached hydrogens (tertiary/aromatic N) is 6. The highest BCUT2D eigenvalue weighted by Crippen LogP contribution is 2.55. The van der Waals surface area contributed by atoms with Gasteiger partial charge in [0.2, 0.25) is 0 Å². The van der Waals surface area contributed by atoms with Crippen LogP contribution >= 0.6 is 0 Å². The molecule has 1 atom stereocenters. The van der Waals surface area contributed by atoms with Crippen LogP contribution in [-0.4, -0.2) is 32.7 Å². The molecule has 2 N–H and O–H groups in total. The number of nitrogens with one attached hydrogen (secondary N) is 2. The first-order valence-corrected chi connectivity index (χ1v) is 12.8. The van der Waals surface area contributed by atoms with Crippen molar-refractivity contribution in [1.82, 2.24) is 20.0 Å². The lowest BCUT2D eigenvalue weighted by molar-refractivity contribution is -0.182. The summed E-state index contributed by atoms with van der Waals surface area (Å²) in [6.45, 7) is 6.75. The zero-order valence-corrected chi connectivity index (χ0v) is 22.2. The Bertz CT molecular complexity index is 1630.